The predicted molar refractivity (Wildman–Crippen MR) is 109 cm³/mol. The molecule has 5 rings (SSSR count). The van der Waals surface area contributed by atoms with Crippen molar-refractivity contribution >= 4 is 11.9 Å². The number of aryl methyl sites for hydroxylation is 1. The summed E-state index contributed by atoms with van der Waals surface area (Å²) in [6.45, 7) is 5.22. The van der Waals surface area contributed by atoms with Crippen molar-refractivity contribution < 1.29 is 9.59 Å². The highest BCUT2D eigenvalue weighted by molar-refractivity contribution is 5.99. The molecular weight excluding hydrogens is 366 g/mol. The molecule has 0 radical (unpaired) electrons. The van der Waals surface area contributed by atoms with Gasteiger partial charge in [-0.3, -0.25) is 4.79 Å². The molecule has 2 fully saturated rings. The molecule has 3 amide bonds. The summed E-state index contributed by atoms with van der Waals surface area (Å²) in [5.74, 6) is 0.0119. The number of fused-ring (bicyclic) bond motifs is 1. The molecule has 29 heavy (non-hydrogen) atoms. The summed E-state index contributed by atoms with van der Waals surface area (Å²) in [6, 6.07) is 10.1. The molecule has 7 heteroatoms. The third-order valence-electron chi connectivity index (χ3n) is 6.61. The minimum absolute atomic E-state index is 0.0107. The van der Waals surface area contributed by atoms with Gasteiger partial charge in [-0.2, -0.15) is 5.10 Å². The first-order valence-corrected chi connectivity index (χ1v) is 10.6. The van der Waals surface area contributed by atoms with Gasteiger partial charge in [0.1, 0.15) is 5.69 Å². The molecule has 2 aromatic rings. The monoisotopic (exact) mass is 393 g/mol. The van der Waals surface area contributed by atoms with Gasteiger partial charge in [0.05, 0.1) is 23.5 Å². The number of carbonyl (C=O) groups excluding carboxylic acids is 2. The highest BCUT2D eigenvalue weighted by Crippen LogP contribution is 2.39. The van der Waals surface area contributed by atoms with Gasteiger partial charge in [0.25, 0.3) is 5.91 Å². The zero-order valence-electron chi connectivity index (χ0n) is 17.0. The summed E-state index contributed by atoms with van der Waals surface area (Å²) in [5.41, 5.74) is 3.45. The maximum absolute atomic E-state index is 13.4. The van der Waals surface area contributed by atoms with E-state index >= 15 is 0 Å². The van der Waals surface area contributed by atoms with Gasteiger partial charge in [-0.15, -0.1) is 0 Å². The second-order valence-corrected chi connectivity index (χ2v) is 8.47. The number of nitrogens with one attached hydrogen (secondary N) is 1. The number of hydrogen-bond donors (Lipinski definition) is 1. The third-order valence-corrected chi connectivity index (χ3v) is 6.61. The van der Waals surface area contributed by atoms with Gasteiger partial charge in [-0.25, -0.2) is 9.48 Å². The number of likely N-dealkylation sites (tertiary alicyclic amines) is 1. The van der Waals surface area contributed by atoms with Gasteiger partial charge < -0.3 is 15.1 Å². The Kier molecular flexibility index (Phi) is 4.33. The molecule has 1 aliphatic carbocycles. The van der Waals surface area contributed by atoms with Crippen LogP contribution in [0.5, 0.6) is 0 Å². The lowest BCUT2D eigenvalue weighted by atomic mass is 10.0. The van der Waals surface area contributed by atoms with E-state index in [4.69, 9.17) is 0 Å². The first-order valence-electron chi connectivity index (χ1n) is 10.6. The molecule has 1 aromatic heterocycles. The highest BCUT2D eigenvalue weighted by Gasteiger charge is 2.47. The van der Waals surface area contributed by atoms with Crippen LogP contribution in [0.25, 0.3) is 5.69 Å². The molecule has 1 aromatic carbocycles. The molecule has 1 N–H and O–H groups in total. The second-order valence-electron chi connectivity index (χ2n) is 8.47. The number of amides is 3. The molecule has 0 bridgehead atoms. The SMILES string of the molecule is Cc1nn(-c2ccccc2)c2c1C(C)N(C1CN(C(=O)NC3CCCC3)C1)C2=O. The lowest BCUT2D eigenvalue weighted by Gasteiger charge is -2.45. The molecule has 3 heterocycles. The number of hydrogen-bond acceptors (Lipinski definition) is 3. The van der Waals surface area contributed by atoms with Gasteiger partial charge in [-0.1, -0.05) is 31.0 Å². The number of urea groups is 1. The van der Waals surface area contributed by atoms with Crippen LogP contribution in [0.15, 0.2) is 30.3 Å². The van der Waals surface area contributed by atoms with E-state index in [1.807, 2.05) is 47.1 Å². The number of carbonyl (C=O) groups is 2. The summed E-state index contributed by atoms with van der Waals surface area (Å²) in [5, 5.41) is 7.77. The van der Waals surface area contributed by atoms with Crippen LogP contribution in [0.4, 0.5) is 4.79 Å². The third kappa shape index (κ3) is 2.91. The van der Waals surface area contributed by atoms with E-state index < -0.39 is 0 Å². The number of aromatic nitrogens is 2. The smallest absolute Gasteiger partial charge is 0.317 e. The zero-order chi connectivity index (χ0) is 20.1. The Morgan fingerprint density at radius 1 is 1.14 bits per heavy atom. The molecule has 1 saturated heterocycles. The van der Waals surface area contributed by atoms with Crippen molar-refractivity contribution in [1.29, 1.82) is 0 Å². The molecule has 0 spiro atoms. The van der Waals surface area contributed by atoms with Gasteiger partial charge in [0.15, 0.2) is 0 Å². The van der Waals surface area contributed by atoms with Crippen molar-refractivity contribution in [2.75, 3.05) is 13.1 Å². The fourth-order valence-electron chi connectivity index (χ4n) is 5.05. The molecule has 7 nitrogen and oxygen atoms in total. The Balaban J connectivity index is 1.32. The summed E-state index contributed by atoms with van der Waals surface area (Å²) in [7, 11) is 0. The van der Waals surface area contributed by atoms with Crippen LogP contribution in [0, 0.1) is 6.92 Å². The van der Waals surface area contributed by atoms with Crippen molar-refractivity contribution in [3.63, 3.8) is 0 Å². The minimum atomic E-state index is -0.0278. The summed E-state index contributed by atoms with van der Waals surface area (Å²) < 4.78 is 1.77. The molecule has 1 atom stereocenters. The lowest BCUT2D eigenvalue weighted by Crippen LogP contribution is -2.64. The van der Waals surface area contributed by atoms with E-state index in [-0.39, 0.29) is 24.0 Å². The van der Waals surface area contributed by atoms with Crippen LogP contribution in [-0.4, -0.2) is 56.7 Å². The van der Waals surface area contributed by atoms with E-state index in [2.05, 4.69) is 17.3 Å². The number of benzene rings is 1. The van der Waals surface area contributed by atoms with Crippen LogP contribution in [0.1, 0.15) is 60.4 Å². The summed E-state index contributed by atoms with van der Waals surface area (Å²) >= 11 is 0. The van der Waals surface area contributed by atoms with Gasteiger partial charge >= 0.3 is 6.03 Å². The molecular formula is C22H27N5O2. The number of rotatable bonds is 3. The molecule has 3 aliphatic rings. The van der Waals surface area contributed by atoms with Crippen LogP contribution in [-0.2, 0) is 0 Å². The standard InChI is InChI=1S/C22H27N5O2/c1-14-19-15(2)26(18-12-25(13-18)22(29)23-16-8-6-7-9-16)21(28)20(19)27(24-14)17-10-4-3-5-11-17/h3-5,10-11,15-16,18H,6-9,12-13H2,1-2H3,(H,23,29). The van der Waals surface area contributed by atoms with Gasteiger partial charge in [-0.05, 0) is 38.8 Å². The van der Waals surface area contributed by atoms with E-state index in [9.17, 15) is 9.59 Å². The first-order chi connectivity index (χ1) is 14.0. The molecule has 1 unspecified atom stereocenters. The van der Waals surface area contributed by atoms with Gasteiger partial charge in [0, 0.05) is 24.7 Å². The Morgan fingerprint density at radius 2 is 1.83 bits per heavy atom. The number of para-hydroxylation sites is 1. The Morgan fingerprint density at radius 3 is 2.52 bits per heavy atom. The average Bonchev–Trinajstić information content (AvgIpc) is 3.36. The van der Waals surface area contributed by atoms with Crippen LogP contribution >= 0.6 is 0 Å². The molecule has 152 valence electrons. The molecule has 2 aliphatic heterocycles. The summed E-state index contributed by atoms with van der Waals surface area (Å²) in [4.78, 5) is 29.6. The maximum Gasteiger partial charge on any atom is 0.317 e. The topological polar surface area (TPSA) is 70.5 Å². The average molecular weight is 393 g/mol. The van der Waals surface area contributed by atoms with Gasteiger partial charge in [0.2, 0.25) is 0 Å². The van der Waals surface area contributed by atoms with E-state index in [1.165, 1.54) is 12.8 Å². The second kappa shape index (κ2) is 6.90. The van der Waals surface area contributed by atoms with Crippen LogP contribution in [0.3, 0.4) is 0 Å². The zero-order valence-corrected chi connectivity index (χ0v) is 17.0. The Bertz CT molecular complexity index is 942. The van der Waals surface area contributed by atoms with E-state index in [0.29, 0.717) is 24.8 Å². The Hall–Kier alpha value is -2.83. The lowest BCUT2D eigenvalue weighted by molar-refractivity contribution is 0.0302. The van der Waals surface area contributed by atoms with E-state index in [1.54, 1.807) is 4.68 Å². The first kappa shape index (κ1) is 18.2. The normalized spacial score (nSPS) is 22.1. The van der Waals surface area contributed by atoms with Crippen molar-refractivity contribution in [3.05, 3.63) is 47.3 Å². The van der Waals surface area contributed by atoms with Crippen LogP contribution < -0.4 is 5.32 Å². The minimum Gasteiger partial charge on any atom is -0.335 e. The predicted octanol–water partition coefficient (Wildman–Crippen LogP) is 3.03. The van der Waals surface area contributed by atoms with Crippen molar-refractivity contribution in [2.24, 2.45) is 0 Å². The fourth-order valence-corrected chi connectivity index (χ4v) is 5.05. The van der Waals surface area contributed by atoms with Crippen molar-refractivity contribution in [1.82, 2.24) is 24.9 Å². The van der Waals surface area contributed by atoms with E-state index in [0.717, 1.165) is 29.8 Å². The van der Waals surface area contributed by atoms with Crippen molar-refractivity contribution in [3.8, 4) is 5.69 Å². The number of nitrogens with zero attached hydrogens (tertiary/aromatic N) is 4. The molecule has 1 saturated carbocycles. The van der Waals surface area contributed by atoms with Crippen LogP contribution in [0.2, 0.25) is 0 Å². The highest BCUT2D eigenvalue weighted by atomic mass is 16.2. The largest absolute Gasteiger partial charge is 0.335 e. The quantitative estimate of drug-likeness (QED) is 0.871. The van der Waals surface area contributed by atoms with Crippen molar-refractivity contribution in [2.45, 2.75) is 57.7 Å². The summed E-state index contributed by atoms with van der Waals surface area (Å²) in [6.07, 6.45) is 4.55. The Labute approximate surface area is 170 Å². The fraction of sp³-hybridized carbons (Fsp3) is 0.500. The maximum atomic E-state index is 13.4.